The number of halogens is 3. The molecular formula is C28H31F3N8O3. The quantitative estimate of drug-likeness (QED) is 0.312. The molecule has 2 amide bonds. The Kier molecular flexibility index (Phi) is 9.25. The number of methoxy groups -OCH3 is 1. The molecule has 2 aromatic heterocycles. The fraction of sp³-hybridized carbons (Fsp3) is 0.321. The molecule has 3 aromatic rings. The zero-order chi connectivity index (χ0) is 30.4. The van der Waals surface area contributed by atoms with Crippen LogP contribution in [0.2, 0.25) is 0 Å². The molecule has 1 aromatic carbocycles. The van der Waals surface area contributed by atoms with E-state index in [1.165, 1.54) is 14.0 Å². The molecule has 0 unspecified atom stereocenters. The highest BCUT2D eigenvalue weighted by Gasteiger charge is 2.35. The molecule has 0 bridgehead atoms. The van der Waals surface area contributed by atoms with E-state index >= 15 is 0 Å². The molecule has 0 spiro atoms. The fourth-order valence-corrected chi connectivity index (χ4v) is 4.31. The van der Waals surface area contributed by atoms with Crippen LogP contribution in [0.4, 0.5) is 42.0 Å². The minimum atomic E-state index is -4.76. The second kappa shape index (κ2) is 12.9. The number of nitrogens with zero attached hydrogens (tertiary/aromatic N) is 5. The Morgan fingerprint density at radius 3 is 2.43 bits per heavy atom. The smallest absolute Gasteiger partial charge is 0.421 e. The van der Waals surface area contributed by atoms with Crippen LogP contribution in [0.15, 0.2) is 49.3 Å². The van der Waals surface area contributed by atoms with Gasteiger partial charge < -0.3 is 25.6 Å². The summed E-state index contributed by atoms with van der Waals surface area (Å²) in [4.78, 5) is 39.8. The summed E-state index contributed by atoms with van der Waals surface area (Å²) in [7, 11) is 1.45. The minimum Gasteiger partial charge on any atom is -0.481 e. The van der Waals surface area contributed by atoms with E-state index in [2.05, 4.69) is 42.4 Å². The summed E-state index contributed by atoms with van der Waals surface area (Å²) in [6.45, 7) is 9.82. The standard InChI is InChI=1S/C28H31F3N8O3/c1-5-24(41)34-23-12-19(16-38-8-10-39(11-9-38)18(3)40)6-7-21(23)35-26-20(28(29,30)31)15-33-27(37-26)36-22-13-25(42-4)32-14-17(22)2/h5-7,12-15H,1,8-11,16H2,2-4H3,(H,34,41)(H2,32,33,35,36,37). The van der Waals surface area contributed by atoms with E-state index < -0.39 is 23.5 Å². The zero-order valence-corrected chi connectivity index (χ0v) is 23.4. The Labute approximate surface area is 240 Å². The molecule has 1 fully saturated rings. The highest BCUT2D eigenvalue weighted by molar-refractivity contribution is 6.01. The van der Waals surface area contributed by atoms with Gasteiger partial charge in [-0.1, -0.05) is 12.6 Å². The third-order valence-electron chi connectivity index (χ3n) is 6.63. The number of benzene rings is 1. The Bertz CT molecular complexity index is 1470. The van der Waals surface area contributed by atoms with Gasteiger partial charge in [0, 0.05) is 58.1 Å². The summed E-state index contributed by atoms with van der Waals surface area (Å²) in [6.07, 6.45) is -1.47. The van der Waals surface area contributed by atoms with Crippen molar-refractivity contribution in [1.82, 2.24) is 24.8 Å². The number of hydrogen-bond donors (Lipinski definition) is 3. The minimum absolute atomic E-state index is 0.0245. The monoisotopic (exact) mass is 584 g/mol. The molecule has 0 saturated carbocycles. The van der Waals surface area contributed by atoms with Crippen molar-refractivity contribution in [3.63, 3.8) is 0 Å². The van der Waals surface area contributed by atoms with Gasteiger partial charge in [0.25, 0.3) is 0 Å². The molecule has 42 heavy (non-hydrogen) atoms. The summed E-state index contributed by atoms with van der Waals surface area (Å²) in [5.41, 5.74) is 1.36. The van der Waals surface area contributed by atoms with Gasteiger partial charge in [-0.2, -0.15) is 18.2 Å². The van der Waals surface area contributed by atoms with Gasteiger partial charge in [-0.15, -0.1) is 0 Å². The van der Waals surface area contributed by atoms with Crippen LogP contribution >= 0.6 is 0 Å². The fourth-order valence-electron chi connectivity index (χ4n) is 4.31. The van der Waals surface area contributed by atoms with Crippen LogP contribution < -0.4 is 20.7 Å². The molecule has 0 atom stereocenters. The highest BCUT2D eigenvalue weighted by Crippen LogP contribution is 2.37. The predicted octanol–water partition coefficient (Wildman–Crippen LogP) is 4.48. The average Bonchev–Trinajstić information content (AvgIpc) is 2.95. The molecule has 3 heterocycles. The Hall–Kier alpha value is -4.72. The van der Waals surface area contributed by atoms with E-state index in [-0.39, 0.29) is 23.2 Å². The molecule has 3 N–H and O–H groups in total. The van der Waals surface area contributed by atoms with Gasteiger partial charge in [0.05, 0.1) is 24.2 Å². The van der Waals surface area contributed by atoms with Crippen LogP contribution in [-0.4, -0.2) is 69.9 Å². The zero-order valence-electron chi connectivity index (χ0n) is 23.4. The van der Waals surface area contributed by atoms with E-state index in [9.17, 15) is 22.8 Å². The second-order valence-electron chi connectivity index (χ2n) is 9.60. The number of rotatable bonds is 9. The van der Waals surface area contributed by atoms with E-state index in [0.29, 0.717) is 56.1 Å². The molecule has 222 valence electrons. The van der Waals surface area contributed by atoms with Gasteiger partial charge >= 0.3 is 6.18 Å². The van der Waals surface area contributed by atoms with Crippen LogP contribution in [0.25, 0.3) is 0 Å². The van der Waals surface area contributed by atoms with Crippen LogP contribution in [-0.2, 0) is 22.3 Å². The lowest BCUT2D eigenvalue weighted by molar-refractivity contribution is -0.137. The lowest BCUT2D eigenvalue weighted by Gasteiger charge is -2.34. The molecule has 0 radical (unpaired) electrons. The van der Waals surface area contributed by atoms with Crippen molar-refractivity contribution in [3.8, 4) is 5.88 Å². The number of carbonyl (C=O) groups is 2. The summed E-state index contributed by atoms with van der Waals surface area (Å²) in [6, 6.07) is 6.59. The van der Waals surface area contributed by atoms with Crippen molar-refractivity contribution >= 4 is 40.6 Å². The number of nitrogens with one attached hydrogen (secondary N) is 3. The number of carbonyl (C=O) groups excluding carboxylic acids is 2. The van der Waals surface area contributed by atoms with Crippen molar-refractivity contribution in [2.24, 2.45) is 0 Å². The number of anilines is 5. The first-order valence-electron chi connectivity index (χ1n) is 13.0. The van der Waals surface area contributed by atoms with E-state index in [1.807, 2.05) is 0 Å². The Balaban J connectivity index is 1.63. The number of pyridine rings is 1. The highest BCUT2D eigenvalue weighted by atomic mass is 19.4. The first-order chi connectivity index (χ1) is 20.0. The third kappa shape index (κ3) is 7.51. The number of ether oxygens (including phenoxy) is 1. The van der Waals surface area contributed by atoms with Gasteiger partial charge in [-0.25, -0.2) is 9.97 Å². The summed E-state index contributed by atoms with van der Waals surface area (Å²) < 4.78 is 47.0. The normalized spacial score (nSPS) is 13.8. The Morgan fingerprint density at radius 2 is 1.79 bits per heavy atom. The number of alkyl halides is 3. The van der Waals surface area contributed by atoms with Gasteiger partial charge in [-0.05, 0) is 36.3 Å². The molecule has 14 heteroatoms. The summed E-state index contributed by atoms with van der Waals surface area (Å²) >= 11 is 0. The van der Waals surface area contributed by atoms with E-state index in [1.54, 1.807) is 42.3 Å². The van der Waals surface area contributed by atoms with Crippen molar-refractivity contribution in [3.05, 3.63) is 66.0 Å². The number of piperazine rings is 1. The van der Waals surface area contributed by atoms with E-state index in [0.717, 1.165) is 11.6 Å². The van der Waals surface area contributed by atoms with Crippen molar-refractivity contribution in [2.45, 2.75) is 26.6 Å². The van der Waals surface area contributed by atoms with Gasteiger partial charge in [-0.3, -0.25) is 14.5 Å². The lowest BCUT2D eigenvalue weighted by Crippen LogP contribution is -2.47. The van der Waals surface area contributed by atoms with Crippen LogP contribution in [0.1, 0.15) is 23.6 Å². The maximum absolute atomic E-state index is 14.0. The third-order valence-corrected chi connectivity index (χ3v) is 6.63. The summed E-state index contributed by atoms with van der Waals surface area (Å²) in [5.74, 6) is -0.817. The SMILES string of the molecule is C=CC(=O)Nc1cc(CN2CCN(C(C)=O)CC2)ccc1Nc1nc(Nc2cc(OC)ncc2C)ncc1C(F)(F)F. The van der Waals surface area contributed by atoms with Gasteiger partial charge in [0.15, 0.2) is 0 Å². The van der Waals surface area contributed by atoms with Crippen molar-refractivity contribution < 1.29 is 27.5 Å². The average molecular weight is 585 g/mol. The van der Waals surface area contributed by atoms with Crippen molar-refractivity contribution in [1.29, 1.82) is 0 Å². The van der Waals surface area contributed by atoms with E-state index in [4.69, 9.17) is 4.74 Å². The van der Waals surface area contributed by atoms with Crippen molar-refractivity contribution in [2.75, 3.05) is 49.2 Å². The molecular weight excluding hydrogens is 553 g/mol. The lowest BCUT2D eigenvalue weighted by atomic mass is 10.1. The number of aromatic nitrogens is 3. The molecule has 0 aliphatic carbocycles. The Morgan fingerprint density at radius 1 is 1.05 bits per heavy atom. The summed E-state index contributed by atoms with van der Waals surface area (Å²) in [5, 5.41) is 8.31. The van der Waals surface area contributed by atoms with Crippen LogP contribution in [0.3, 0.4) is 0 Å². The number of aryl methyl sites for hydroxylation is 1. The molecule has 1 aliphatic heterocycles. The molecule has 1 aliphatic rings. The topological polar surface area (TPSA) is 125 Å². The van der Waals surface area contributed by atoms with Crippen LogP contribution in [0.5, 0.6) is 5.88 Å². The maximum atomic E-state index is 14.0. The molecule has 11 nitrogen and oxygen atoms in total. The maximum Gasteiger partial charge on any atom is 0.421 e. The predicted molar refractivity (Wildman–Crippen MR) is 152 cm³/mol. The molecule has 1 saturated heterocycles. The van der Waals surface area contributed by atoms with Gasteiger partial charge in [0.1, 0.15) is 11.4 Å². The van der Waals surface area contributed by atoms with Gasteiger partial charge in [0.2, 0.25) is 23.6 Å². The largest absolute Gasteiger partial charge is 0.481 e. The first-order valence-corrected chi connectivity index (χ1v) is 13.0. The number of hydrogen-bond acceptors (Lipinski definition) is 9. The first kappa shape index (κ1) is 30.2. The van der Waals surface area contributed by atoms with Crippen LogP contribution in [0, 0.1) is 6.92 Å². The second-order valence-corrected chi connectivity index (χ2v) is 9.60. The number of amides is 2. The molecule has 4 rings (SSSR count).